The third-order valence-electron chi connectivity index (χ3n) is 0.539. The zero-order valence-corrected chi connectivity index (χ0v) is 6.11. The van der Waals surface area contributed by atoms with Crippen molar-refractivity contribution in [2.45, 2.75) is 6.92 Å². The molecular formula is C5H10O3S. The minimum absolute atomic E-state index is 0.833. The van der Waals surface area contributed by atoms with E-state index in [4.69, 9.17) is 14.6 Å². The predicted molar refractivity (Wildman–Crippen MR) is 36.6 cm³/mol. The Hall–Kier alpha value is -0.220. The van der Waals surface area contributed by atoms with Crippen molar-refractivity contribution in [1.82, 2.24) is 0 Å². The highest BCUT2D eigenvalue weighted by Gasteiger charge is 1.94. The lowest BCUT2D eigenvalue weighted by Crippen LogP contribution is -1.78. The maximum atomic E-state index is 9.00. The van der Waals surface area contributed by atoms with Crippen molar-refractivity contribution in [3.05, 3.63) is 0 Å². The number of carbonyl (C=O) groups is 1. The monoisotopic (exact) mass is 150 g/mol. The molecule has 9 heavy (non-hydrogen) atoms. The highest BCUT2D eigenvalue weighted by Crippen LogP contribution is 2.06. The van der Waals surface area contributed by atoms with Gasteiger partial charge in [0, 0.05) is 12.7 Å². The fourth-order valence-electron chi connectivity index (χ4n) is 0.295. The molecular weight excluding hydrogens is 140 g/mol. The first-order valence-electron chi connectivity index (χ1n) is 2.58. The molecule has 1 aliphatic heterocycles. The van der Waals surface area contributed by atoms with Gasteiger partial charge in [0.25, 0.3) is 5.97 Å². The minimum atomic E-state index is -0.833. The summed E-state index contributed by atoms with van der Waals surface area (Å²) in [6.45, 7) is 2.05. The molecule has 0 radical (unpaired) electrons. The molecule has 0 aromatic carbocycles. The van der Waals surface area contributed by atoms with E-state index < -0.39 is 5.97 Å². The number of hydrogen-bond donors (Lipinski definition) is 1. The summed E-state index contributed by atoms with van der Waals surface area (Å²) in [5, 5.41) is 7.42. The second kappa shape index (κ2) is 5.91. The molecule has 1 heterocycles. The summed E-state index contributed by atoms with van der Waals surface area (Å²) < 4.78 is 4.91. The van der Waals surface area contributed by atoms with Crippen LogP contribution in [0.15, 0.2) is 0 Å². The minimum Gasteiger partial charge on any atom is -0.481 e. The quantitative estimate of drug-likeness (QED) is 0.554. The van der Waals surface area contributed by atoms with Gasteiger partial charge in [0.15, 0.2) is 0 Å². The van der Waals surface area contributed by atoms with E-state index in [0.717, 1.165) is 19.5 Å². The summed E-state index contributed by atoms with van der Waals surface area (Å²) in [5.41, 5.74) is 0. The van der Waals surface area contributed by atoms with Gasteiger partial charge in [0.05, 0.1) is 12.5 Å². The number of rotatable bonds is 0. The van der Waals surface area contributed by atoms with E-state index in [1.165, 1.54) is 5.75 Å². The second-order valence-corrected chi connectivity index (χ2v) is 2.51. The third-order valence-corrected chi connectivity index (χ3v) is 1.33. The van der Waals surface area contributed by atoms with Crippen molar-refractivity contribution in [1.29, 1.82) is 0 Å². The highest BCUT2D eigenvalue weighted by molar-refractivity contribution is 7.99. The molecule has 3 nitrogen and oxygen atoms in total. The molecule has 54 valence electrons. The van der Waals surface area contributed by atoms with Gasteiger partial charge in [-0.2, -0.15) is 0 Å². The Morgan fingerprint density at radius 3 is 2.44 bits per heavy atom. The Morgan fingerprint density at radius 1 is 1.78 bits per heavy atom. The average Bonchev–Trinajstić information content (AvgIpc) is 2.11. The van der Waals surface area contributed by atoms with Gasteiger partial charge in [-0.1, -0.05) is 0 Å². The van der Waals surface area contributed by atoms with Crippen LogP contribution in [0.4, 0.5) is 0 Å². The normalized spacial score (nSPS) is 16.1. The maximum Gasteiger partial charge on any atom is 0.300 e. The first-order valence-corrected chi connectivity index (χ1v) is 3.74. The fourth-order valence-corrected chi connectivity index (χ4v) is 0.884. The van der Waals surface area contributed by atoms with E-state index in [1.807, 2.05) is 11.8 Å². The molecule has 0 bridgehead atoms. The van der Waals surface area contributed by atoms with Crippen LogP contribution in [0.25, 0.3) is 0 Å². The molecule has 0 amide bonds. The van der Waals surface area contributed by atoms with Crippen LogP contribution in [0.2, 0.25) is 0 Å². The molecule has 1 N–H and O–H groups in total. The first kappa shape index (κ1) is 8.78. The molecule has 0 atom stereocenters. The molecule has 0 spiro atoms. The van der Waals surface area contributed by atoms with Crippen molar-refractivity contribution >= 4 is 17.7 Å². The van der Waals surface area contributed by atoms with E-state index in [-0.39, 0.29) is 0 Å². The van der Waals surface area contributed by atoms with Crippen LogP contribution in [0.3, 0.4) is 0 Å². The topological polar surface area (TPSA) is 46.5 Å². The average molecular weight is 150 g/mol. The van der Waals surface area contributed by atoms with Gasteiger partial charge in [0.2, 0.25) is 0 Å². The van der Waals surface area contributed by atoms with Gasteiger partial charge >= 0.3 is 0 Å². The van der Waals surface area contributed by atoms with E-state index in [0.29, 0.717) is 0 Å². The van der Waals surface area contributed by atoms with E-state index in [9.17, 15) is 0 Å². The lowest BCUT2D eigenvalue weighted by molar-refractivity contribution is -0.134. The molecule has 0 unspecified atom stereocenters. The largest absolute Gasteiger partial charge is 0.481 e. The van der Waals surface area contributed by atoms with Crippen LogP contribution < -0.4 is 0 Å². The van der Waals surface area contributed by atoms with Gasteiger partial charge in [0.1, 0.15) is 0 Å². The lowest BCUT2D eigenvalue weighted by atomic mass is 10.9. The Bertz CT molecular complexity index is 68.7. The summed E-state index contributed by atoms with van der Waals surface area (Å²) in [4.78, 5) is 9.00. The van der Waals surface area contributed by atoms with Crippen LogP contribution in [0.1, 0.15) is 6.92 Å². The van der Waals surface area contributed by atoms with Gasteiger partial charge in [-0.25, -0.2) is 0 Å². The molecule has 1 fully saturated rings. The number of hydrogen-bond acceptors (Lipinski definition) is 3. The Morgan fingerprint density at radius 2 is 2.33 bits per heavy atom. The van der Waals surface area contributed by atoms with Crippen molar-refractivity contribution in [3.8, 4) is 0 Å². The Balaban J connectivity index is 0.000000148. The summed E-state index contributed by atoms with van der Waals surface area (Å²) in [6, 6.07) is 0. The molecule has 4 heteroatoms. The summed E-state index contributed by atoms with van der Waals surface area (Å²) >= 11 is 1.85. The second-order valence-electron chi connectivity index (χ2n) is 1.45. The van der Waals surface area contributed by atoms with Gasteiger partial charge in [-0.3, -0.25) is 4.79 Å². The number of thioether (sulfide) groups is 1. The summed E-state index contributed by atoms with van der Waals surface area (Å²) in [7, 11) is 0. The first-order chi connectivity index (χ1) is 4.23. The van der Waals surface area contributed by atoms with E-state index in [2.05, 4.69) is 0 Å². The molecule has 0 aliphatic carbocycles. The molecule has 1 aliphatic rings. The molecule has 0 aromatic heterocycles. The van der Waals surface area contributed by atoms with Crippen molar-refractivity contribution in [2.24, 2.45) is 0 Å². The fraction of sp³-hybridized carbons (Fsp3) is 0.800. The lowest BCUT2D eigenvalue weighted by Gasteiger charge is -1.75. The predicted octanol–water partition coefficient (Wildman–Crippen LogP) is 0.798. The van der Waals surface area contributed by atoms with Crippen LogP contribution >= 0.6 is 11.8 Å². The Labute approximate surface area is 58.4 Å². The molecule has 0 aromatic rings. The van der Waals surface area contributed by atoms with Crippen LogP contribution in [0.5, 0.6) is 0 Å². The molecule has 0 saturated carbocycles. The molecule has 1 saturated heterocycles. The SMILES string of the molecule is C1CSCO1.CC(=O)O. The van der Waals surface area contributed by atoms with Crippen LogP contribution in [-0.2, 0) is 9.53 Å². The van der Waals surface area contributed by atoms with Gasteiger partial charge in [-0.15, -0.1) is 11.8 Å². The highest BCUT2D eigenvalue weighted by atomic mass is 32.2. The summed E-state index contributed by atoms with van der Waals surface area (Å²) in [5.74, 6) is 1.28. The molecule has 1 rings (SSSR count). The van der Waals surface area contributed by atoms with Crippen molar-refractivity contribution in [3.63, 3.8) is 0 Å². The van der Waals surface area contributed by atoms with Crippen LogP contribution in [0, 0.1) is 0 Å². The smallest absolute Gasteiger partial charge is 0.300 e. The van der Waals surface area contributed by atoms with Crippen molar-refractivity contribution < 1.29 is 14.6 Å². The van der Waals surface area contributed by atoms with Crippen LogP contribution in [-0.4, -0.2) is 29.4 Å². The number of aliphatic carboxylic acids is 1. The van der Waals surface area contributed by atoms with Crippen molar-refractivity contribution in [2.75, 3.05) is 18.3 Å². The maximum absolute atomic E-state index is 9.00. The van der Waals surface area contributed by atoms with E-state index in [1.54, 1.807) is 0 Å². The third kappa shape index (κ3) is 11.4. The number of ether oxygens (including phenoxy) is 1. The number of carboxylic acids is 1. The Kier molecular flexibility index (Phi) is 5.76. The van der Waals surface area contributed by atoms with Gasteiger partial charge < -0.3 is 9.84 Å². The standard InChI is InChI=1S/C3H6OS.C2H4O2/c1-2-5-3-4-1;1-2(3)4/h1-3H2;1H3,(H,3,4). The van der Waals surface area contributed by atoms with Gasteiger partial charge in [-0.05, 0) is 0 Å². The number of carboxylic acid groups (broad SMARTS) is 1. The summed E-state index contributed by atoms with van der Waals surface area (Å²) in [6.07, 6.45) is 0. The zero-order chi connectivity index (χ0) is 7.11. The zero-order valence-electron chi connectivity index (χ0n) is 5.29. The van der Waals surface area contributed by atoms with E-state index >= 15 is 0 Å².